The minimum Gasteiger partial charge on any atom is -0.398 e. The Kier molecular flexibility index (Phi) is 3.79. The Morgan fingerprint density at radius 2 is 2.18 bits per heavy atom. The molecule has 3 N–H and O–H groups in total. The van der Waals surface area contributed by atoms with Crippen molar-refractivity contribution in [2.45, 2.75) is 30.9 Å². The van der Waals surface area contributed by atoms with E-state index in [9.17, 15) is 0 Å². The van der Waals surface area contributed by atoms with Crippen LogP contribution in [0.2, 0.25) is 5.02 Å². The molecule has 0 aliphatic heterocycles. The predicted octanol–water partition coefficient (Wildman–Crippen LogP) is 3.93. The molecule has 0 atom stereocenters. The maximum absolute atomic E-state index is 6.05. The number of rotatable bonds is 4. The minimum absolute atomic E-state index is 0.431. The second-order valence-corrected chi connectivity index (χ2v) is 6.46. The molecule has 1 aliphatic carbocycles. The van der Waals surface area contributed by atoms with Gasteiger partial charge in [-0.25, -0.2) is 0 Å². The first-order valence-electron chi connectivity index (χ1n) is 5.91. The number of nitrogens with one attached hydrogen (secondary N) is 1. The second-order valence-electron chi connectivity index (χ2n) is 4.78. The van der Waals surface area contributed by atoms with Crippen LogP contribution in [0.4, 0.5) is 11.4 Å². The van der Waals surface area contributed by atoms with Crippen molar-refractivity contribution >= 4 is 34.7 Å². The largest absolute Gasteiger partial charge is 0.398 e. The minimum atomic E-state index is 0.431. The van der Waals surface area contributed by atoms with Gasteiger partial charge in [-0.05, 0) is 43.7 Å². The van der Waals surface area contributed by atoms with Crippen molar-refractivity contribution in [1.82, 2.24) is 0 Å². The summed E-state index contributed by atoms with van der Waals surface area (Å²) >= 11 is 8.02. The summed E-state index contributed by atoms with van der Waals surface area (Å²) in [4.78, 5) is 0. The molecule has 1 saturated carbocycles. The number of aryl methyl sites for hydroxylation is 1. The van der Waals surface area contributed by atoms with E-state index in [2.05, 4.69) is 18.5 Å². The number of nitrogen functional groups attached to an aromatic ring is 1. The number of anilines is 2. The van der Waals surface area contributed by atoms with E-state index in [4.69, 9.17) is 17.3 Å². The van der Waals surface area contributed by atoms with Gasteiger partial charge in [-0.1, -0.05) is 18.0 Å². The number of hydrogen-bond acceptors (Lipinski definition) is 3. The molecule has 94 valence electrons. The van der Waals surface area contributed by atoms with Crippen molar-refractivity contribution in [2.75, 3.05) is 23.9 Å². The van der Waals surface area contributed by atoms with Gasteiger partial charge in [-0.15, -0.1) is 0 Å². The molecule has 1 aromatic carbocycles. The highest BCUT2D eigenvalue weighted by atomic mass is 35.5. The van der Waals surface area contributed by atoms with Crippen LogP contribution in [0.25, 0.3) is 0 Å². The lowest BCUT2D eigenvalue weighted by Gasteiger charge is -2.40. The average Bonchev–Trinajstić information content (AvgIpc) is 2.24. The van der Waals surface area contributed by atoms with Crippen LogP contribution in [-0.2, 0) is 0 Å². The zero-order valence-corrected chi connectivity index (χ0v) is 11.9. The number of nitrogens with two attached hydrogens (primary N) is 1. The van der Waals surface area contributed by atoms with Gasteiger partial charge in [-0.2, -0.15) is 11.8 Å². The molecular formula is C13H19ClN2S. The fourth-order valence-electron chi connectivity index (χ4n) is 2.17. The van der Waals surface area contributed by atoms with Crippen molar-refractivity contribution in [3.63, 3.8) is 0 Å². The van der Waals surface area contributed by atoms with Crippen molar-refractivity contribution in [3.05, 3.63) is 22.7 Å². The van der Waals surface area contributed by atoms with E-state index in [0.29, 0.717) is 15.5 Å². The van der Waals surface area contributed by atoms with Gasteiger partial charge in [-0.3, -0.25) is 0 Å². The molecule has 0 aromatic heterocycles. The highest BCUT2D eigenvalue weighted by Gasteiger charge is 2.35. The summed E-state index contributed by atoms with van der Waals surface area (Å²) in [6.45, 7) is 3.07. The SMILES string of the molecule is CSC1(CNc2cc(Cl)c(N)cc2C)CCC1. The molecule has 0 spiro atoms. The topological polar surface area (TPSA) is 38.0 Å². The lowest BCUT2D eigenvalue weighted by molar-refractivity contribution is 0.380. The van der Waals surface area contributed by atoms with E-state index >= 15 is 0 Å². The number of thioether (sulfide) groups is 1. The molecular weight excluding hydrogens is 252 g/mol. The van der Waals surface area contributed by atoms with Crippen molar-refractivity contribution in [3.8, 4) is 0 Å². The maximum atomic E-state index is 6.05. The first-order chi connectivity index (χ1) is 8.06. The van der Waals surface area contributed by atoms with Gasteiger partial charge in [0.15, 0.2) is 0 Å². The van der Waals surface area contributed by atoms with Crippen LogP contribution in [0.5, 0.6) is 0 Å². The van der Waals surface area contributed by atoms with E-state index in [1.807, 2.05) is 23.9 Å². The molecule has 2 nitrogen and oxygen atoms in total. The lowest BCUT2D eigenvalue weighted by atomic mass is 9.84. The highest BCUT2D eigenvalue weighted by molar-refractivity contribution is 8.00. The summed E-state index contributed by atoms with van der Waals surface area (Å²) < 4.78 is 0.431. The molecule has 0 radical (unpaired) electrons. The molecule has 17 heavy (non-hydrogen) atoms. The molecule has 4 heteroatoms. The molecule has 0 saturated heterocycles. The maximum Gasteiger partial charge on any atom is 0.0656 e. The van der Waals surface area contributed by atoms with Crippen LogP contribution < -0.4 is 11.1 Å². The van der Waals surface area contributed by atoms with E-state index in [0.717, 1.165) is 17.8 Å². The van der Waals surface area contributed by atoms with Gasteiger partial charge in [0.25, 0.3) is 0 Å². The third kappa shape index (κ3) is 2.66. The van der Waals surface area contributed by atoms with Crippen LogP contribution in [-0.4, -0.2) is 17.5 Å². The average molecular weight is 271 g/mol. The van der Waals surface area contributed by atoms with Gasteiger partial charge in [0, 0.05) is 17.0 Å². The Labute approximate surface area is 112 Å². The first-order valence-corrected chi connectivity index (χ1v) is 7.51. The van der Waals surface area contributed by atoms with Gasteiger partial charge >= 0.3 is 0 Å². The van der Waals surface area contributed by atoms with Crippen molar-refractivity contribution in [1.29, 1.82) is 0 Å². The summed E-state index contributed by atoms with van der Waals surface area (Å²) in [6, 6.07) is 3.86. The highest BCUT2D eigenvalue weighted by Crippen LogP contribution is 2.43. The summed E-state index contributed by atoms with van der Waals surface area (Å²) in [5.74, 6) is 0. The Morgan fingerprint density at radius 1 is 1.47 bits per heavy atom. The van der Waals surface area contributed by atoms with Gasteiger partial charge < -0.3 is 11.1 Å². The number of hydrogen-bond donors (Lipinski definition) is 2. The zero-order chi connectivity index (χ0) is 12.5. The van der Waals surface area contributed by atoms with Crippen LogP contribution >= 0.6 is 23.4 Å². The van der Waals surface area contributed by atoms with Gasteiger partial charge in [0.05, 0.1) is 10.7 Å². The van der Waals surface area contributed by atoms with Crippen LogP contribution in [0, 0.1) is 6.92 Å². The van der Waals surface area contributed by atoms with E-state index in [-0.39, 0.29) is 0 Å². The first kappa shape index (κ1) is 12.9. The summed E-state index contributed by atoms with van der Waals surface area (Å²) in [5, 5.41) is 4.14. The van der Waals surface area contributed by atoms with Crippen LogP contribution in [0.3, 0.4) is 0 Å². The van der Waals surface area contributed by atoms with Crippen molar-refractivity contribution < 1.29 is 0 Å². The Bertz CT molecular complexity index is 411. The molecule has 2 rings (SSSR count). The Morgan fingerprint density at radius 3 is 2.71 bits per heavy atom. The van der Waals surface area contributed by atoms with Gasteiger partial charge in [0.1, 0.15) is 0 Å². The normalized spacial score (nSPS) is 17.6. The smallest absolute Gasteiger partial charge is 0.0656 e. The molecule has 0 heterocycles. The molecule has 1 aliphatic rings. The second kappa shape index (κ2) is 4.99. The monoisotopic (exact) mass is 270 g/mol. The quantitative estimate of drug-likeness (QED) is 0.814. The molecule has 0 amide bonds. The lowest BCUT2D eigenvalue weighted by Crippen LogP contribution is -2.40. The summed E-state index contributed by atoms with van der Waals surface area (Å²) in [5.41, 5.74) is 8.68. The van der Waals surface area contributed by atoms with E-state index < -0.39 is 0 Å². The van der Waals surface area contributed by atoms with Crippen molar-refractivity contribution in [2.24, 2.45) is 0 Å². The third-order valence-corrected chi connectivity index (χ3v) is 5.39. The Hall–Kier alpha value is -0.540. The van der Waals surface area contributed by atoms with Crippen LogP contribution in [0.1, 0.15) is 24.8 Å². The van der Waals surface area contributed by atoms with E-state index in [1.165, 1.54) is 19.3 Å². The summed E-state index contributed by atoms with van der Waals surface area (Å²) in [6.07, 6.45) is 6.17. The van der Waals surface area contributed by atoms with Gasteiger partial charge in [0.2, 0.25) is 0 Å². The number of benzene rings is 1. The van der Waals surface area contributed by atoms with Crippen LogP contribution in [0.15, 0.2) is 12.1 Å². The predicted molar refractivity (Wildman–Crippen MR) is 79.2 cm³/mol. The molecule has 0 unspecified atom stereocenters. The number of halogens is 1. The molecule has 0 bridgehead atoms. The fraction of sp³-hybridized carbons (Fsp3) is 0.538. The summed E-state index contributed by atoms with van der Waals surface area (Å²) in [7, 11) is 0. The molecule has 1 fully saturated rings. The standard InChI is InChI=1S/C13H19ClN2S/c1-9-6-11(15)10(14)7-12(9)16-8-13(17-2)4-3-5-13/h6-7,16H,3-5,8,15H2,1-2H3. The molecule has 1 aromatic rings. The van der Waals surface area contributed by atoms with E-state index in [1.54, 1.807) is 0 Å². The fourth-order valence-corrected chi connectivity index (χ4v) is 3.25. The third-order valence-electron chi connectivity index (χ3n) is 3.64. The Balaban J connectivity index is 2.06. The zero-order valence-electron chi connectivity index (χ0n) is 10.3.